The van der Waals surface area contributed by atoms with Crippen molar-refractivity contribution in [1.82, 2.24) is 10.2 Å². The second-order valence-corrected chi connectivity index (χ2v) is 6.47. The molecule has 0 aromatic heterocycles. The minimum Gasteiger partial charge on any atom is -0.481 e. The van der Waals surface area contributed by atoms with E-state index in [1.165, 1.54) is 0 Å². The van der Waals surface area contributed by atoms with Crippen LogP contribution in [0, 0.1) is 29.1 Å². The number of likely N-dealkylation sites (tertiary alicyclic amines) is 1. The van der Waals surface area contributed by atoms with E-state index < -0.39 is 11.9 Å². The van der Waals surface area contributed by atoms with Crippen LogP contribution < -0.4 is 5.32 Å². The van der Waals surface area contributed by atoms with E-state index in [1.54, 1.807) is 4.90 Å². The SMILES string of the molecule is CC1CC(C(=O)O)CN(C(=O)N[C@H]2CC[C@@H](CC#N)C2)C1. The number of piperidine rings is 1. The van der Waals surface area contributed by atoms with Crippen molar-refractivity contribution in [3.63, 3.8) is 0 Å². The number of aliphatic carboxylic acids is 1. The Balaban J connectivity index is 1.85. The molecule has 2 N–H and O–H groups in total. The average molecular weight is 293 g/mol. The Morgan fingerprint density at radius 3 is 2.76 bits per heavy atom. The van der Waals surface area contributed by atoms with Gasteiger partial charge in [0, 0.05) is 25.6 Å². The summed E-state index contributed by atoms with van der Waals surface area (Å²) in [7, 11) is 0. The molecule has 2 rings (SSSR count). The summed E-state index contributed by atoms with van der Waals surface area (Å²) in [5.74, 6) is -0.698. The van der Waals surface area contributed by atoms with Crippen LogP contribution in [0.4, 0.5) is 4.79 Å². The number of urea groups is 1. The van der Waals surface area contributed by atoms with Crippen LogP contribution in [-0.4, -0.2) is 41.1 Å². The maximum Gasteiger partial charge on any atom is 0.317 e. The van der Waals surface area contributed by atoms with Crippen LogP contribution in [0.15, 0.2) is 0 Å². The minimum absolute atomic E-state index is 0.122. The van der Waals surface area contributed by atoms with E-state index >= 15 is 0 Å². The zero-order chi connectivity index (χ0) is 15.4. The first-order valence-corrected chi connectivity index (χ1v) is 7.64. The van der Waals surface area contributed by atoms with E-state index in [1.807, 2.05) is 6.92 Å². The average Bonchev–Trinajstić information content (AvgIpc) is 2.85. The number of carboxylic acid groups (broad SMARTS) is 1. The third-order valence-corrected chi connectivity index (χ3v) is 4.54. The van der Waals surface area contributed by atoms with Crippen molar-refractivity contribution < 1.29 is 14.7 Å². The summed E-state index contributed by atoms with van der Waals surface area (Å²) in [5.41, 5.74) is 0. The molecule has 2 aliphatic rings. The molecule has 1 heterocycles. The molecule has 1 saturated carbocycles. The van der Waals surface area contributed by atoms with Crippen molar-refractivity contribution in [2.75, 3.05) is 13.1 Å². The highest BCUT2D eigenvalue weighted by atomic mass is 16.4. The second kappa shape index (κ2) is 6.79. The molecule has 0 radical (unpaired) electrons. The van der Waals surface area contributed by atoms with Gasteiger partial charge in [0.25, 0.3) is 0 Å². The third-order valence-electron chi connectivity index (χ3n) is 4.54. The first-order valence-electron chi connectivity index (χ1n) is 7.64. The number of carbonyl (C=O) groups excluding carboxylic acids is 1. The fourth-order valence-electron chi connectivity index (χ4n) is 3.48. The molecule has 6 heteroatoms. The molecule has 6 nitrogen and oxygen atoms in total. The monoisotopic (exact) mass is 293 g/mol. The largest absolute Gasteiger partial charge is 0.481 e. The van der Waals surface area contributed by atoms with Gasteiger partial charge in [-0.25, -0.2) is 4.79 Å². The summed E-state index contributed by atoms with van der Waals surface area (Å²) in [5, 5.41) is 20.9. The number of rotatable bonds is 3. The lowest BCUT2D eigenvalue weighted by atomic mass is 9.91. The highest BCUT2D eigenvalue weighted by Gasteiger charge is 2.33. The van der Waals surface area contributed by atoms with Crippen molar-refractivity contribution in [1.29, 1.82) is 5.26 Å². The molecule has 0 bridgehead atoms. The van der Waals surface area contributed by atoms with Gasteiger partial charge in [-0.15, -0.1) is 0 Å². The third kappa shape index (κ3) is 4.10. The molecule has 1 aliphatic carbocycles. The molecule has 2 fully saturated rings. The predicted molar refractivity (Wildman–Crippen MR) is 76.4 cm³/mol. The molecule has 1 saturated heterocycles. The molecular formula is C15H23N3O3. The lowest BCUT2D eigenvalue weighted by Gasteiger charge is -2.35. The summed E-state index contributed by atoms with van der Waals surface area (Å²) < 4.78 is 0. The smallest absolute Gasteiger partial charge is 0.317 e. The number of hydrogen-bond donors (Lipinski definition) is 2. The molecular weight excluding hydrogens is 270 g/mol. The lowest BCUT2D eigenvalue weighted by molar-refractivity contribution is -0.143. The predicted octanol–water partition coefficient (Wildman–Crippen LogP) is 1.82. The molecule has 0 aromatic rings. The highest BCUT2D eigenvalue weighted by molar-refractivity contribution is 5.76. The van der Waals surface area contributed by atoms with Gasteiger partial charge in [-0.1, -0.05) is 6.92 Å². The number of amides is 2. The van der Waals surface area contributed by atoms with Gasteiger partial charge >= 0.3 is 12.0 Å². The van der Waals surface area contributed by atoms with Crippen LogP contribution in [0.2, 0.25) is 0 Å². The van der Waals surface area contributed by atoms with Crippen LogP contribution in [0.3, 0.4) is 0 Å². The Bertz CT molecular complexity index is 446. The van der Waals surface area contributed by atoms with Crippen molar-refractivity contribution in [2.45, 2.75) is 45.1 Å². The van der Waals surface area contributed by atoms with Crippen LogP contribution in [-0.2, 0) is 4.79 Å². The van der Waals surface area contributed by atoms with E-state index in [2.05, 4.69) is 11.4 Å². The number of nitrogens with one attached hydrogen (secondary N) is 1. The quantitative estimate of drug-likeness (QED) is 0.830. The number of nitrogens with zero attached hydrogens (tertiary/aromatic N) is 2. The summed E-state index contributed by atoms with van der Waals surface area (Å²) in [6.45, 7) is 2.89. The fraction of sp³-hybridized carbons (Fsp3) is 0.800. The molecule has 0 aromatic carbocycles. The van der Waals surface area contributed by atoms with Crippen LogP contribution in [0.1, 0.15) is 39.0 Å². The first-order chi connectivity index (χ1) is 9.99. The van der Waals surface area contributed by atoms with Gasteiger partial charge < -0.3 is 15.3 Å². The van der Waals surface area contributed by atoms with Crippen LogP contribution in [0.25, 0.3) is 0 Å². The Hall–Kier alpha value is -1.77. The Morgan fingerprint density at radius 1 is 1.33 bits per heavy atom. The van der Waals surface area contributed by atoms with Crippen molar-refractivity contribution in [3.8, 4) is 6.07 Å². The van der Waals surface area contributed by atoms with Crippen LogP contribution in [0.5, 0.6) is 0 Å². The van der Waals surface area contributed by atoms with E-state index in [9.17, 15) is 9.59 Å². The maximum absolute atomic E-state index is 12.3. The molecule has 21 heavy (non-hydrogen) atoms. The summed E-state index contributed by atoms with van der Waals surface area (Å²) in [6, 6.07) is 2.15. The van der Waals surface area contributed by atoms with Crippen molar-refractivity contribution >= 4 is 12.0 Å². The van der Waals surface area contributed by atoms with Gasteiger partial charge in [-0.2, -0.15) is 5.26 Å². The van der Waals surface area contributed by atoms with E-state index in [0.29, 0.717) is 31.8 Å². The number of hydrogen-bond acceptors (Lipinski definition) is 3. The molecule has 116 valence electrons. The minimum atomic E-state index is -0.825. The van der Waals surface area contributed by atoms with Crippen molar-refractivity contribution in [2.24, 2.45) is 17.8 Å². The fourth-order valence-corrected chi connectivity index (χ4v) is 3.48. The van der Waals surface area contributed by atoms with Gasteiger partial charge in [0.2, 0.25) is 0 Å². The lowest BCUT2D eigenvalue weighted by Crippen LogP contribution is -2.51. The molecule has 0 spiro atoms. The number of nitriles is 1. The molecule has 1 aliphatic heterocycles. The van der Waals surface area contributed by atoms with Gasteiger partial charge in [0.05, 0.1) is 12.0 Å². The first kappa shape index (κ1) is 15.6. The van der Waals surface area contributed by atoms with Gasteiger partial charge in [0.1, 0.15) is 0 Å². The summed E-state index contributed by atoms with van der Waals surface area (Å²) in [4.78, 5) is 25.1. The normalized spacial score (nSPS) is 32.5. The van der Waals surface area contributed by atoms with Gasteiger partial charge in [0.15, 0.2) is 0 Å². The topological polar surface area (TPSA) is 93.4 Å². The zero-order valence-corrected chi connectivity index (χ0v) is 12.4. The Morgan fingerprint density at radius 2 is 2.10 bits per heavy atom. The molecule has 2 amide bonds. The van der Waals surface area contributed by atoms with E-state index in [0.717, 1.165) is 19.3 Å². The van der Waals surface area contributed by atoms with E-state index in [-0.39, 0.29) is 18.0 Å². The van der Waals surface area contributed by atoms with Gasteiger partial charge in [-0.3, -0.25) is 4.79 Å². The Labute approximate surface area is 125 Å². The van der Waals surface area contributed by atoms with Crippen LogP contribution >= 0.6 is 0 Å². The maximum atomic E-state index is 12.3. The van der Waals surface area contributed by atoms with E-state index in [4.69, 9.17) is 10.4 Å². The van der Waals surface area contributed by atoms with Crippen molar-refractivity contribution in [3.05, 3.63) is 0 Å². The standard InChI is InChI=1S/C15H23N3O3/c1-10-6-12(14(19)20)9-18(8-10)15(21)17-13-3-2-11(7-13)4-5-16/h10-13H,2-4,6-9H2,1H3,(H,17,21)(H,19,20)/t10?,11-,12?,13-/m0/s1. The number of carbonyl (C=O) groups is 2. The summed E-state index contributed by atoms with van der Waals surface area (Å²) >= 11 is 0. The molecule has 4 atom stereocenters. The Kier molecular flexibility index (Phi) is 5.05. The highest BCUT2D eigenvalue weighted by Crippen LogP contribution is 2.28. The molecule has 2 unspecified atom stereocenters. The van der Waals surface area contributed by atoms with Gasteiger partial charge in [-0.05, 0) is 37.5 Å². The zero-order valence-electron chi connectivity index (χ0n) is 12.4. The number of carboxylic acids is 1. The summed E-state index contributed by atoms with van der Waals surface area (Å²) in [6.07, 6.45) is 3.92. The second-order valence-electron chi connectivity index (χ2n) is 6.47.